The summed E-state index contributed by atoms with van der Waals surface area (Å²) in [5.41, 5.74) is 3.62. The Morgan fingerprint density at radius 3 is 2.25 bits per heavy atom. The number of aliphatic hydroxyl groups excluding tert-OH is 1. The number of aliphatic hydroxyl groups is 1. The van der Waals surface area contributed by atoms with Crippen LogP contribution in [0, 0.1) is 29.1 Å². The van der Waals surface area contributed by atoms with Crippen molar-refractivity contribution in [1.82, 2.24) is 0 Å². The molecule has 0 unspecified atom stereocenters. The third-order valence-electron chi connectivity index (χ3n) is 7.85. The number of allylic oxidation sites excluding steroid dienone is 2. The number of ether oxygens (including phenoxy) is 2. The average Bonchev–Trinajstić information content (AvgIpc) is 3.22. The van der Waals surface area contributed by atoms with E-state index in [2.05, 4.69) is 13.8 Å². The fraction of sp³-hybridized carbons (Fsp3) is 0.905. The average molecular weight is 332 g/mol. The minimum atomic E-state index is -0.288. The highest BCUT2D eigenvalue weighted by molar-refractivity contribution is 5.25. The second-order valence-electron chi connectivity index (χ2n) is 10.1. The van der Waals surface area contributed by atoms with Crippen LogP contribution in [0.1, 0.15) is 65.2 Å². The molecule has 1 spiro atoms. The van der Waals surface area contributed by atoms with Gasteiger partial charge < -0.3 is 14.6 Å². The van der Waals surface area contributed by atoms with Gasteiger partial charge in [-0.2, -0.15) is 0 Å². The molecule has 5 fully saturated rings. The van der Waals surface area contributed by atoms with Crippen LogP contribution in [-0.4, -0.2) is 30.2 Å². The van der Waals surface area contributed by atoms with Gasteiger partial charge in [0.1, 0.15) is 0 Å². The first-order chi connectivity index (χ1) is 11.4. The van der Waals surface area contributed by atoms with Crippen molar-refractivity contribution in [3.8, 4) is 0 Å². The topological polar surface area (TPSA) is 38.7 Å². The molecule has 0 aromatic carbocycles. The summed E-state index contributed by atoms with van der Waals surface area (Å²) in [4.78, 5) is 0. The van der Waals surface area contributed by atoms with Gasteiger partial charge in [0.05, 0.1) is 19.3 Å². The fourth-order valence-electron chi connectivity index (χ4n) is 6.44. The van der Waals surface area contributed by atoms with Crippen LogP contribution in [-0.2, 0) is 9.47 Å². The van der Waals surface area contributed by atoms with Crippen LogP contribution in [0.2, 0.25) is 0 Å². The Morgan fingerprint density at radius 2 is 1.54 bits per heavy atom. The van der Waals surface area contributed by atoms with Crippen molar-refractivity contribution in [2.45, 2.75) is 77.1 Å². The van der Waals surface area contributed by atoms with Crippen LogP contribution in [0.5, 0.6) is 0 Å². The van der Waals surface area contributed by atoms with Gasteiger partial charge in [-0.05, 0) is 62.2 Å². The summed E-state index contributed by atoms with van der Waals surface area (Å²) in [6.07, 6.45) is 9.38. The standard InChI is InChI=1S/C21H32O3/c1-20(2)11-23-21(24-12-20)5-3-13(4-6-21)14-7-16-15-9-18(17(16)8-14)19(22)10-15/h15-19,22H,3-12H2,1-2H3/t15-,16-,17-,18-,19+/m0/s1. The minimum absolute atomic E-state index is 0.00242. The number of hydrogen-bond donors (Lipinski definition) is 1. The zero-order chi connectivity index (χ0) is 16.5. The van der Waals surface area contributed by atoms with E-state index in [0.717, 1.165) is 63.1 Å². The highest BCUT2D eigenvalue weighted by atomic mass is 16.7. The predicted molar refractivity (Wildman–Crippen MR) is 92.3 cm³/mol. The van der Waals surface area contributed by atoms with Gasteiger partial charge >= 0.3 is 0 Å². The van der Waals surface area contributed by atoms with Crippen molar-refractivity contribution in [2.75, 3.05) is 13.2 Å². The molecule has 3 nitrogen and oxygen atoms in total. The summed E-state index contributed by atoms with van der Waals surface area (Å²) in [7, 11) is 0. The Balaban J connectivity index is 1.25. The molecule has 5 aliphatic rings. The molecule has 4 saturated carbocycles. The lowest BCUT2D eigenvalue weighted by atomic mass is 9.80. The Bertz CT molecular complexity index is 541. The lowest BCUT2D eigenvalue weighted by molar-refractivity contribution is -0.307. The Hall–Kier alpha value is -0.380. The molecule has 2 bridgehead atoms. The lowest BCUT2D eigenvalue weighted by Crippen LogP contribution is -2.48. The second-order valence-corrected chi connectivity index (χ2v) is 10.1. The summed E-state index contributed by atoms with van der Waals surface area (Å²) in [5.74, 6) is 2.82. The fourth-order valence-corrected chi connectivity index (χ4v) is 6.44. The molecule has 5 rings (SSSR count). The van der Waals surface area contributed by atoms with Crippen LogP contribution in [0.15, 0.2) is 11.1 Å². The zero-order valence-corrected chi connectivity index (χ0v) is 15.2. The van der Waals surface area contributed by atoms with E-state index >= 15 is 0 Å². The largest absolute Gasteiger partial charge is 0.393 e. The van der Waals surface area contributed by atoms with Gasteiger partial charge in [-0.1, -0.05) is 25.0 Å². The molecule has 1 heterocycles. The smallest absolute Gasteiger partial charge is 0.168 e. The van der Waals surface area contributed by atoms with E-state index in [1.165, 1.54) is 19.3 Å². The third kappa shape index (κ3) is 2.42. The van der Waals surface area contributed by atoms with E-state index in [9.17, 15) is 5.11 Å². The van der Waals surface area contributed by atoms with Crippen LogP contribution in [0.3, 0.4) is 0 Å². The molecule has 1 N–H and O–H groups in total. The summed E-state index contributed by atoms with van der Waals surface area (Å²) in [6, 6.07) is 0. The van der Waals surface area contributed by atoms with E-state index in [4.69, 9.17) is 9.47 Å². The summed E-state index contributed by atoms with van der Waals surface area (Å²) < 4.78 is 12.4. The second kappa shape index (κ2) is 5.31. The maximum atomic E-state index is 10.2. The van der Waals surface area contributed by atoms with Crippen molar-refractivity contribution < 1.29 is 14.6 Å². The molecule has 5 atom stereocenters. The molecular weight excluding hydrogens is 300 g/mol. The van der Waals surface area contributed by atoms with Crippen LogP contribution in [0.4, 0.5) is 0 Å². The molecule has 0 aromatic heterocycles. The van der Waals surface area contributed by atoms with Gasteiger partial charge in [-0.25, -0.2) is 0 Å². The predicted octanol–water partition coefficient (Wildman–Crippen LogP) is 4.05. The van der Waals surface area contributed by atoms with E-state index in [0.29, 0.717) is 5.92 Å². The first-order valence-electron chi connectivity index (χ1n) is 10.1. The van der Waals surface area contributed by atoms with Crippen LogP contribution >= 0.6 is 0 Å². The molecule has 134 valence electrons. The van der Waals surface area contributed by atoms with Crippen LogP contribution < -0.4 is 0 Å². The molecular formula is C21H32O3. The minimum Gasteiger partial charge on any atom is -0.393 e. The Morgan fingerprint density at radius 1 is 0.875 bits per heavy atom. The first-order valence-corrected chi connectivity index (χ1v) is 10.1. The van der Waals surface area contributed by atoms with Gasteiger partial charge in [0.15, 0.2) is 5.79 Å². The normalized spacial score (nSPS) is 45.9. The number of fused-ring (bicyclic) bond motifs is 5. The van der Waals surface area contributed by atoms with Crippen LogP contribution in [0.25, 0.3) is 0 Å². The molecule has 24 heavy (non-hydrogen) atoms. The first kappa shape index (κ1) is 15.8. The maximum Gasteiger partial charge on any atom is 0.168 e. The Kier molecular flexibility index (Phi) is 3.51. The van der Waals surface area contributed by atoms with E-state index < -0.39 is 0 Å². The summed E-state index contributed by atoms with van der Waals surface area (Å²) in [5, 5.41) is 10.2. The van der Waals surface area contributed by atoms with Gasteiger partial charge in [-0.3, -0.25) is 0 Å². The van der Waals surface area contributed by atoms with Gasteiger partial charge in [0, 0.05) is 18.3 Å². The summed E-state index contributed by atoms with van der Waals surface area (Å²) >= 11 is 0. The highest BCUT2D eigenvalue weighted by Crippen LogP contribution is 2.61. The quantitative estimate of drug-likeness (QED) is 0.680. The van der Waals surface area contributed by atoms with E-state index in [1.807, 2.05) is 0 Å². The molecule has 3 heteroatoms. The van der Waals surface area contributed by atoms with Gasteiger partial charge in [-0.15, -0.1) is 0 Å². The van der Waals surface area contributed by atoms with Crippen molar-refractivity contribution in [3.63, 3.8) is 0 Å². The SMILES string of the molecule is CC1(C)COC2(CCC(=C3C[C@H]4[C@@H](C3)[C@H]3C[C@@H]4[C@H](O)C3)CC2)OC1. The molecule has 1 saturated heterocycles. The van der Waals surface area contributed by atoms with Crippen molar-refractivity contribution in [3.05, 3.63) is 11.1 Å². The highest BCUT2D eigenvalue weighted by Gasteiger charge is 2.55. The summed E-state index contributed by atoms with van der Waals surface area (Å²) in [6.45, 7) is 6.08. The number of hydrogen-bond acceptors (Lipinski definition) is 3. The zero-order valence-electron chi connectivity index (χ0n) is 15.2. The van der Waals surface area contributed by atoms with Crippen molar-refractivity contribution in [1.29, 1.82) is 0 Å². The van der Waals surface area contributed by atoms with Crippen molar-refractivity contribution in [2.24, 2.45) is 29.1 Å². The van der Waals surface area contributed by atoms with Crippen molar-refractivity contribution >= 4 is 0 Å². The number of rotatable bonds is 0. The van der Waals surface area contributed by atoms with Gasteiger partial charge in [0.2, 0.25) is 0 Å². The third-order valence-corrected chi connectivity index (χ3v) is 7.85. The van der Waals surface area contributed by atoms with E-state index in [-0.39, 0.29) is 17.3 Å². The maximum absolute atomic E-state index is 10.2. The van der Waals surface area contributed by atoms with E-state index in [1.54, 1.807) is 11.1 Å². The molecule has 0 aromatic rings. The Labute approximate surface area is 145 Å². The monoisotopic (exact) mass is 332 g/mol. The van der Waals surface area contributed by atoms with Gasteiger partial charge in [0.25, 0.3) is 0 Å². The lowest BCUT2D eigenvalue weighted by Gasteiger charge is -2.46. The molecule has 0 radical (unpaired) electrons. The molecule has 1 aliphatic heterocycles. The molecule has 4 aliphatic carbocycles. The molecule has 0 amide bonds.